The molecule has 3 heterocycles. The number of benzene rings is 2. The summed E-state index contributed by atoms with van der Waals surface area (Å²) in [7, 11) is 0. The normalized spacial score (nSPS) is 15.4. The molecule has 1 aliphatic heterocycles. The van der Waals surface area contributed by atoms with Crippen LogP contribution in [0.25, 0.3) is 17.0 Å². The number of allylic oxidation sites excluding steroid dienone is 2. The molecule has 0 spiro atoms. The van der Waals surface area contributed by atoms with E-state index in [4.69, 9.17) is 9.73 Å². The zero-order chi connectivity index (χ0) is 29.3. The van der Waals surface area contributed by atoms with E-state index >= 15 is 0 Å². The van der Waals surface area contributed by atoms with Crippen LogP contribution in [0.3, 0.4) is 0 Å². The van der Waals surface area contributed by atoms with Crippen LogP contribution < -0.4 is 14.9 Å². The summed E-state index contributed by atoms with van der Waals surface area (Å²) in [6.45, 7) is 15.1. The molecule has 0 saturated heterocycles. The molecule has 0 saturated carbocycles. The lowest BCUT2D eigenvalue weighted by Gasteiger charge is -2.26. The number of carbonyl (C=O) groups is 1. The molecular weight excluding hydrogens is 530 g/mol. The number of thiazole rings is 1. The van der Waals surface area contributed by atoms with E-state index in [0.717, 1.165) is 34.1 Å². The minimum atomic E-state index is -0.613. The van der Waals surface area contributed by atoms with Gasteiger partial charge in [0.1, 0.15) is 0 Å². The number of esters is 1. The molecule has 2 aromatic carbocycles. The van der Waals surface area contributed by atoms with E-state index in [-0.39, 0.29) is 12.2 Å². The van der Waals surface area contributed by atoms with Crippen LogP contribution in [-0.4, -0.2) is 21.7 Å². The van der Waals surface area contributed by atoms with Gasteiger partial charge in [0, 0.05) is 28.7 Å². The van der Waals surface area contributed by atoms with Crippen molar-refractivity contribution >= 4 is 34.3 Å². The van der Waals surface area contributed by atoms with Gasteiger partial charge in [0.05, 0.1) is 28.5 Å². The molecule has 0 amide bonds. The second kappa shape index (κ2) is 11.9. The van der Waals surface area contributed by atoms with E-state index in [1.165, 1.54) is 16.9 Å². The monoisotopic (exact) mass is 567 g/mol. The summed E-state index contributed by atoms with van der Waals surface area (Å²) in [6.07, 6.45) is 5.30. The van der Waals surface area contributed by atoms with Crippen molar-refractivity contribution in [2.24, 2.45) is 4.99 Å². The molecule has 2 aromatic heterocycles. The van der Waals surface area contributed by atoms with Gasteiger partial charge in [-0.15, -0.1) is 6.58 Å². The maximum atomic E-state index is 14.2. The molecule has 1 unspecified atom stereocenters. The molecule has 1 aliphatic rings. The first-order chi connectivity index (χ1) is 19.8. The van der Waals surface area contributed by atoms with Crippen molar-refractivity contribution in [1.29, 1.82) is 0 Å². The minimum Gasteiger partial charge on any atom is -0.463 e. The standard InChI is InChI=1S/C34H37N3O3S/c1-7-12-27-30(33(39)40-9-3)31(24-17-15-23(16-18-24)21(4)5)37-32(38)29(41-34(37)35-27)20-26-22(6)36(19-8-2)28-14-11-10-13-25(26)28/h8,10-11,13-18,20-21,31H,2,7,9,12,19H2,1,3-6H3/b29-20+. The first-order valence-electron chi connectivity index (χ1n) is 14.3. The lowest BCUT2D eigenvalue weighted by molar-refractivity contribution is -0.139. The van der Waals surface area contributed by atoms with E-state index in [9.17, 15) is 9.59 Å². The van der Waals surface area contributed by atoms with Crippen LogP contribution in [-0.2, 0) is 16.1 Å². The third-order valence-corrected chi connectivity index (χ3v) is 8.66. The molecule has 1 atom stereocenters. The number of hydrogen-bond acceptors (Lipinski definition) is 5. The Hall–Kier alpha value is -3.97. The lowest BCUT2D eigenvalue weighted by atomic mass is 9.92. The van der Waals surface area contributed by atoms with E-state index < -0.39 is 12.0 Å². The molecular formula is C34H37N3O3S. The summed E-state index contributed by atoms with van der Waals surface area (Å²) >= 11 is 1.37. The first-order valence-corrected chi connectivity index (χ1v) is 15.1. The van der Waals surface area contributed by atoms with Crippen molar-refractivity contribution < 1.29 is 9.53 Å². The number of carbonyl (C=O) groups excluding carboxylic acids is 1. The SMILES string of the molecule is C=CCn1c(C)c(/C=c2/sc3n(c2=O)C(c2ccc(C(C)C)cc2)C(C(=O)OCC)=C(CCC)N=3)c2ccccc21. The average molecular weight is 568 g/mol. The molecule has 0 bridgehead atoms. The van der Waals surface area contributed by atoms with Gasteiger partial charge in [-0.3, -0.25) is 9.36 Å². The highest BCUT2D eigenvalue weighted by atomic mass is 32.1. The number of hydrogen-bond donors (Lipinski definition) is 0. The summed E-state index contributed by atoms with van der Waals surface area (Å²) in [6, 6.07) is 15.8. The molecule has 212 valence electrons. The minimum absolute atomic E-state index is 0.163. The Balaban J connectivity index is 1.78. The molecule has 6 nitrogen and oxygen atoms in total. The molecule has 4 aromatic rings. The fourth-order valence-corrected chi connectivity index (χ4v) is 6.64. The summed E-state index contributed by atoms with van der Waals surface area (Å²) in [5.41, 5.74) is 6.21. The van der Waals surface area contributed by atoms with E-state index in [1.54, 1.807) is 11.5 Å². The second-order valence-electron chi connectivity index (χ2n) is 10.7. The molecule has 0 radical (unpaired) electrons. The fourth-order valence-electron chi connectivity index (χ4n) is 5.63. The molecule has 41 heavy (non-hydrogen) atoms. The van der Waals surface area contributed by atoms with Crippen molar-refractivity contribution in [2.75, 3.05) is 6.61 Å². The number of rotatable bonds is 9. The Morgan fingerprint density at radius 3 is 2.54 bits per heavy atom. The van der Waals surface area contributed by atoms with Crippen LogP contribution in [0.5, 0.6) is 0 Å². The number of ether oxygens (including phenoxy) is 1. The molecule has 7 heteroatoms. The van der Waals surface area contributed by atoms with Crippen LogP contribution in [0.4, 0.5) is 0 Å². The summed E-state index contributed by atoms with van der Waals surface area (Å²) < 4.78 is 10.0. The highest BCUT2D eigenvalue weighted by Crippen LogP contribution is 2.33. The summed E-state index contributed by atoms with van der Waals surface area (Å²) in [4.78, 5) is 33.2. The topological polar surface area (TPSA) is 65.6 Å². The fraction of sp³-hybridized carbons (Fsp3) is 0.324. The van der Waals surface area contributed by atoms with Gasteiger partial charge in [-0.25, -0.2) is 9.79 Å². The van der Waals surface area contributed by atoms with E-state index in [1.807, 2.05) is 36.4 Å². The summed E-state index contributed by atoms with van der Waals surface area (Å²) in [5, 5.41) is 1.08. The quantitative estimate of drug-likeness (QED) is 0.180. The Kier molecular flexibility index (Phi) is 8.27. The van der Waals surface area contributed by atoms with Crippen molar-refractivity contribution in [3.05, 3.63) is 115 Å². The van der Waals surface area contributed by atoms with Gasteiger partial charge < -0.3 is 9.30 Å². The summed E-state index contributed by atoms with van der Waals surface area (Å²) in [5.74, 6) is -0.0523. The van der Waals surface area contributed by atoms with E-state index in [2.05, 4.69) is 63.1 Å². The van der Waals surface area contributed by atoms with Crippen LogP contribution in [0.2, 0.25) is 0 Å². The van der Waals surface area contributed by atoms with Gasteiger partial charge in [-0.05, 0) is 49.5 Å². The molecule has 5 rings (SSSR count). The van der Waals surface area contributed by atoms with Crippen LogP contribution in [0.15, 0.2) is 82.2 Å². The Bertz CT molecular complexity index is 1830. The van der Waals surface area contributed by atoms with Gasteiger partial charge in [0.2, 0.25) is 0 Å². The van der Waals surface area contributed by atoms with Gasteiger partial charge in [0.25, 0.3) is 5.56 Å². The zero-order valence-corrected chi connectivity index (χ0v) is 25.3. The van der Waals surface area contributed by atoms with Crippen LogP contribution in [0.1, 0.15) is 74.9 Å². The Labute approximate surface area is 244 Å². The Morgan fingerprint density at radius 1 is 1.15 bits per heavy atom. The predicted molar refractivity (Wildman–Crippen MR) is 167 cm³/mol. The van der Waals surface area contributed by atoms with Crippen molar-refractivity contribution in [2.45, 2.75) is 66.0 Å². The van der Waals surface area contributed by atoms with Crippen molar-refractivity contribution in [1.82, 2.24) is 9.13 Å². The Morgan fingerprint density at radius 2 is 1.88 bits per heavy atom. The number of fused-ring (bicyclic) bond motifs is 2. The van der Waals surface area contributed by atoms with E-state index in [0.29, 0.717) is 39.5 Å². The largest absolute Gasteiger partial charge is 0.463 e. The van der Waals surface area contributed by atoms with Crippen LogP contribution >= 0.6 is 11.3 Å². The smallest absolute Gasteiger partial charge is 0.338 e. The maximum Gasteiger partial charge on any atom is 0.338 e. The number of aromatic nitrogens is 2. The van der Waals surface area contributed by atoms with Gasteiger partial charge >= 0.3 is 5.97 Å². The third kappa shape index (κ3) is 5.15. The molecule has 0 aliphatic carbocycles. The maximum absolute atomic E-state index is 14.2. The molecule has 0 fully saturated rings. The van der Waals surface area contributed by atoms with Crippen molar-refractivity contribution in [3.63, 3.8) is 0 Å². The average Bonchev–Trinajstić information content (AvgIpc) is 3.41. The van der Waals surface area contributed by atoms with Gasteiger partial charge in [-0.1, -0.05) is 87.1 Å². The number of para-hydroxylation sites is 1. The highest BCUT2D eigenvalue weighted by molar-refractivity contribution is 7.07. The first kappa shape index (κ1) is 28.6. The highest BCUT2D eigenvalue weighted by Gasteiger charge is 2.34. The van der Waals surface area contributed by atoms with Crippen LogP contribution in [0, 0.1) is 6.92 Å². The lowest BCUT2D eigenvalue weighted by Crippen LogP contribution is -2.40. The second-order valence-corrected chi connectivity index (χ2v) is 11.7. The predicted octanol–water partition coefficient (Wildman–Crippen LogP) is 6.15. The third-order valence-electron chi connectivity index (χ3n) is 7.68. The van der Waals surface area contributed by atoms with Gasteiger partial charge in [0.15, 0.2) is 4.80 Å². The van der Waals surface area contributed by atoms with Gasteiger partial charge in [-0.2, -0.15) is 0 Å². The number of nitrogens with zero attached hydrogens (tertiary/aromatic N) is 3. The zero-order valence-electron chi connectivity index (χ0n) is 24.4. The molecule has 0 N–H and O–H groups in total. The van der Waals surface area contributed by atoms with Crippen molar-refractivity contribution in [3.8, 4) is 0 Å².